The number of benzene rings is 2. The summed E-state index contributed by atoms with van der Waals surface area (Å²) in [5.41, 5.74) is -4.74. The fraction of sp³-hybridized carbons (Fsp3) is 0.286. The second kappa shape index (κ2) is 9.47. The van der Waals surface area contributed by atoms with Gasteiger partial charge in [0.1, 0.15) is 11.7 Å². The first-order chi connectivity index (χ1) is 14.7. The maximum Gasteiger partial charge on any atom is 1.00 e. The van der Waals surface area contributed by atoms with Crippen LogP contribution in [0.25, 0.3) is 0 Å². The van der Waals surface area contributed by atoms with Crippen molar-refractivity contribution in [1.29, 1.82) is 0 Å². The van der Waals surface area contributed by atoms with Crippen molar-refractivity contribution in [1.82, 2.24) is 0 Å². The van der Waals surface area contributed by atoms with Crippen LogP contribution in [-0.4, -0.2) is 35.7 Å². The van der Waals surface area contributed by atoms with E-state index in [1.165, 1.54) is 24.3 Å². The van der Waals surface area contributed by atoms with Crippen molar-refractivity contribution in [3.63, 3.8) is 0 Å². The molecule has 0 aliphatic carbocycles. The maximum atomic E-state index is 12.9. The minimum absolute atomic E-state index is 0. The predicted octanol–water partition coefficient (Wildman–Crippen LogP) is 1.69. The number of hydrogen-bond acceptors (Lipinski definition) is 5. The molecule has 0 N–H and O–H groups in total. The topological polar surface area (TPSA) is 69.7 Å². The van der Waals surface area contributed by atoms with Crippen LogP contribution in [0.15, 0.2) is 48.5 Å². The number of para-hydroxylation sites is 1. The van der Waals surface area contributed by atoms with Crippen LogP contribution >= 0.6 is 0 Å². The molecule has 0 saturated heterocycles. The number of Topliss-reactive ketones (excluding diaryl/α,β-unsaturated/α-hetero) is 1. The first-order valence-corrected chi connectivity index (χ1v) is 9.05. The Morgan fingerprint density at radius 3 is 2.03 bits per heavy atom. The van der Waals surface area contributed by atoms with Gasteiger partial charge in [0.05, 0.1) is 11.1 Å². The molecule has 1 heterocycles. The Hall–Kier alpha value is -2.37. The molecule has 0 saturated carbocycles. The molecule has 0 aromatic heterocycles. The zero-order valence-corrected chi connectivity index (χ0v) is 19.2. The summed E-state index contributed by atoms with van der Waals surface area (Å²) in [7, 11) is 0. The summed E-state index contributed by atoms with van der Waals surface area (Å²) in [6.45, 7) is -0.280. The third-order valence-corrected chi connectivity index (χ3v) is 4.97. The van der Waals surface area contributed by atoms with E-state index in [1.54, 1.807) is 12.1 Å². The molecule has 12 heteroatoms. The van der Waals surface area contributed by atoms with E-state index in [2.05, 4.69) is 4.74 Å². The smallest absolute Gasteiger partial charge is 0.436 e. The van der Waals surface area contributed by atoms with Gasteiger partial charge >= 0.3 is 53.8 Å². The van der Waals surface area contributed by atoms with Crippen LogP contribution in [-0.2, 0) is 16.0 Å². The SMILES string of the molecule is CC(OC(=O)c1ccc(CC2C(=O)Oc3ccccc3C2=O)cc1)(C(F)(F)F)C(F)(F)F.[Na+]. The number of alkyl halides is 6. The molecule has 33 heavy (non-hydrogen) atoms. The number of halogens is 6. The number of hydrogen-bond donors (Lipinski definition) is 0. The number of carbonyl (C=O) groups is 3. The summed E-state index contributed by atoms with van der Waals surface area (Å²) in [4.78, 5) is 36.7. The van der Waals surface area contributed by atoms with Crippen molar-refractivity contribution in [2.45, 2.75) is 31.3 Å². The summed E-state index contributed by atoms with van der Waals surface area (Å²) in [6, 6.07) is 10.4. The summed E-state index contributed by atoms with van der Waals surface area (Å²) >= 11 is 0. The average molecular weight is 483 g/mol. The van der Waals surface area contributed by atoms with Gasteiger partial charge in [-0.25, -0.2) is 4.79 Å². The molecule has 1 aliphatic heterocycles. The van der Waals surface area contributed by atoms with Gasteiger partial charge in [0.15, 0.2) is 5.78 Å². The normalized spacial score (nSPS) is 16.4. The van der Waals surface area contributed by atoms with Crippen LogP contribution in [0.5, 0.6) is 5.75 Å². The molecule has 2 aromatic rings. The molecule has 2 aromatic carbocycles. The van der Waals surface area contributed by atoms with Crippen molar-refractivity contribution < 1.29 is 79.8 Å². The first-order valence-electron chi connectivity index (χ1n) is 9.05. The fourth-order valence-corrected chi connectivity index (χ4v) is 2.94. The molecule has 5 nitrogen and oxygen atoms in total. The maximum absolute atomic E-state index is 12.9. The van der Waals surface area contributed by atoms with Crippen LogP contribution in [0.4, 0.5) is 26.3 Å². The number of esters is 2. The van der Waals surface area contributed by atoms with E-state index in [0.29, 0.717) is 5.56 Å². The molecule has 1 aliphatic rings. The van der Waals surface area contributed by atoms with Crippen molar-refractivity contribution in [2.24, 2.45) is 5.92 Å². The average Bonchev–Trinajstić information content (AvgIpc) is 2.70. The van der Waals surface area contributed by atoms with Crippen molar-refractivity contribution in [2.75, 3.05) is 0 Å². The monoisotopic (exact) mass is 483 g/mol. The summed E-state index contributed by atoms with van der Waals surface area (Å²) < 4.78 is 86.4. The first kappa shape index (κ1) is 26.9. The van der Waals surface area contributed by atoms with Gasteiger partial charge in [0.25, 0.3) is 5.60 Å². The van der Waals surface area contributed by atoms with Crippen LogP contribution in [0.2, 0.25) is 0 Å². The van der Waals surface area contributed by atoms with E-state index in [0.717, 1.165) is 12.1 Å². The van der Waals surface area contributed by atoms with Crippen molar-refractivity contribution >= 4 is 17.7 Å². The van der Waals surface area contributed by atoms with Gasteiger partial charge in [-0.1, -0.05) is 24.3 Å². The van der Waals surface area contributed by atoms with E-state index in [9.17, 15) is 40.7 Å². The van der Waals surface area contributed by atoms with Crippen LogP contribution in [0.1, 0.15) is 33.2 Å². The Morgan fingerprint density at radius 1 is 0.939 bits per heavy atom. The summed E-state index contributed by atoms with van der Waals surface area (Å²) in [5, 5.41) is 0. The molecule has 0 amide bonds. The van der Waals surface area contributed by atoms with E-state index >= 15 is 0 Å². The zero-order valence-electron chi connectivity index (χ0n) is 17.2. The molecule has 3 rings (SSSR count). The van der Waals surface area contributed by atoms with Gasteiger partial charge in [-0.15, -0.1) is 0 Å². The van der Waals surface area contributed by atoms with Crippen LogP contribution < -0.4 is 34.3 Å². The Bertz CT molecular complexity index is 1050. The van der Waals surface area contributed by atoms with Crippen LogP contribution in [0, 0.1) is 5.92 Å². The number of carbonyl (C=O) groups excluding carboxylic acids is 3. The van der Waals surface area contributed by atoms with Gasteiger partial charge in [-0.05, 0) is 43.2 Å². The second-order valence-corrected chi connectivity index (χ2v) is 7.15. The molecule has 0 spiro atoms. The number of ketones is 1. The van der Waals surface area contributed by atoms with E-state index in [4.69, 9.17) is 4.74 Å². The van der Waals surface area contributed by atoms with Gasteiger partial charge in [0.2, 0.25) is 0 Å². The Morgan fingerprint density at radius 2 is 1.48 bits per heavy atom. The number of fused-ring (bicyclic) bond motifs is 1. The molecule has 0 bridgehead atoms. The molecular formula is C21H14F6NaO5+. The third-order valence-electron chi connectivity index (χ3n) is 4.97. The zero-order chi connectivity index (χ0) is 23.9. The number of rotatable bonds is 4. The van der Waals surface area contributed by atoms with E-state index in [-0.39, 0.29) is 54.2 Å². The fourth-order valence-electron chi connectivity index (χ4n) is 2.94. The number of ether oxygens (including phenoxy) is 2. The summed E-state index contributed by atoms with van der Waals surface area (Å²) in [6.07, 6.45) is -11.9. The molecule has 0 radical (unpaired) electrons. The van der Waals surface area contributed by atoms with Gasteiger partial charge < -0.3 is 9.47 Å². The largest absolute Gasteiger partial charge is 1.00 e. The van der Waals surface area contributed by atoms with Gasteiger partial charge in [-0.3, -0.25) is 9.59 Å². The quantitative estimate of drug-likeness (QED) is 0.218. The van der Waals surface area contributed by atoms with Gasteiger partial charge in [0, 0.05) is 0 Å². The molecular weight excluding hydrogens is 469 g/mol. The predicted molar refractivity (Wildman–Crippen MR) is 96.0 cm³/mol. The Labute approximate surface area is 205 Å². The van der Waals surface area contributed by atoms with E-state index < -0.39 is 47.2 Å². The van der Waals surface area contributed by atoms with Crippen molar-refractivity contribution in [3.05, 3.63) is 65.2 Å². The minimum atomic E-state index is -5.89. The molecule has 0 fully saturated rings. The molecule has 1 atom stereocenters. The van der Waals surface area contributed by atoms with Crippen LogP contribution in [0.3, 0.4) is 0 Å². The Kier molecular flexibility index (Phi) is 7.72. The second-order valence-electron chi connectivity index (χ2n) is 7.15. The molecule has 170 valence electrons. The van der Waals surface area contributed by atoms with Gasteiger partial charge in [-0.2, -0.15) is 26.3 Å². The summed E-state index contributed by atoms with van der Waals surface area (Å²) in [5.74, 6) is -4.21. The van der Waals surface area contributed by atoms with Crippen molar-refractivity contribution in [3.8, 4) is 5.75 Å². The molecule has 1 unspecified atom stereocenters. The third kappa shape index (κ3) is 5.25. The minimum Gasteiger partial charge on any atom is -0.436 e. The standard InChI is InChI=1S/C21H14F6O5.Na/c1-19(20(22,23)24,21(25,26)27)32-17(29)12-8-6-11(7-9-12)10-14-16(28)13-4-2-3-5-15(13)31-18(14)30;/h2-9,14H,10H2,1H3;/q;+1. The Balaban J connectivity index is 0.00000385. The van der Waals surface area contributed by atoms with E-state index in [1.807, 2.05) is 0 Å².